The van der Waals surface area contributed by atoms with Gasteiger partial charge in [-0.2, -0.15) is 15.8 Å². The first-order chi connectivity index (χ1) is 14.6. The van der Waals surface area contributed by atoms with Crippen LogP contribution in [0.25, 0.3) is 0 Å². The van der Waals surface area contributed by atoms with Crippen LogP contribution in [0.1, 0.15) is 42.5 Å². The minimum Gasteiger partial charge on any atom is -0.447 e. The van der Waals surface area contributed by atoms with Gasteiger partial charge in [0.15, 0.2) is 5.41 Å². The number of nitrogens with zero attached hydrogens (tertiary/aromatic N) is 3. The molecule has 3 heterocycles. The van der Waals surface area contributed by atoms with Gasteiger partial charge in [-0.15, -0.1) is 0 Å². The van der Waals surface area contributed by atoms with Crippen LogP contribution in [0, 0.1) is 56.2 Å². The first-order valence-corrected chi connectivity index (χ1v) is 9.95. The lowest BCUT2D eigenvalue weighted by molar-refractivity contribution is -0.297. The Bertz CT molecular complexity index is 1110. The van der Waals surface area contributed by atoms with Gasteiger partial charge in [-0.3, -0.25) is 5.41 Å². The van der Waals surface area contributed by atoms with Crippen LogP contribution in [0.5, 0.6) is 0 Å². The zero-order valence-corrected chi connectivity index (χ0v) is 16.1. The molecule has 5 rings (SSSR count). The van der Waals surface area contributed by atoms with Crippen molar-refractivity contribution in [2.75, 3.05) is 0 Å². The van der Waals surface area contributed by atoms with Crippen LogP contribution >= 0.6 is 0 Å². The van der Waals surface area contributed by atoms with Crippen molar-refractivity contribution in [3.63, 3.8) is 0 Å². The quantitative estimate of drug-likeness (QED) is 0.793. The molecule has 1 aromatic carbocycles. The van der Waals surface area contributed by atoms with Crippen molar-refractivity contribution in [2.45, 2.75) is 37.1 Å². The van der Waals surface area contributed by atoms with Gasteiger partial charge in [-0.05, 0) is 36.5 Å². The molecule has 5 unspecified atom stereocenters. The van der Waals surface area contributed by atoms with E-state index in [2.05, 4.69) is 23.2 Å². The van der Waals surface area contributed by atoms with Gasteiger partial charge in [0.25, 0.3) is 0 Å². The van der Waals surface area contributed by atoms with Gasteiger partial charge in [-0.25, -0.2) is 0 Å². The molecule has 2 bridgehead atoms. The van der Waals surface area contributed by atoms with E-state index in [4.69, 9.17) is 14.9 Å². The molecular formula is C23H19N5O2. The summed E-state index contributed by atoms with van der Waals surface area (Å²) in [5.74, 6) is -1.98. The lowest BCUT2D eigenvalue weighted by Crippen LogP contribution is -2.60. The molecule has 7 heteroatoms. The number of H-pyrrole nitrogens is 1. The second-order valence-electron chi connectivity index (χ2n) is 8.25. The molecule has 1 saturated carbocycles. The SMILES string of the molecule is N#CC1(C#N)C(c2ccc[nH]2)OC23CCC(c4ccccc4)CC2C1(C#N)C(=N)O3. The third-order valence-electron chi connectivity index (χ3n) is 7.09. The molecule has 1 aromatic heterocycles. The molecule has 30 heavy (non-hydrogen) atoms. The fourth-order valence-corrected chi connectivity index (χ4v) is 5.65. The number of benzene rings is 1. The molecule has 2 saturated heterocycles. The lowest BCUT2D eigenvalue weighted by atomic mass is 9.50. The van der Waals surface area contributed by atoms with Crippen LogP contribution in [0.15, 0.2) is 48.7 Å². The molecule has 3 aliphatic rings. The summed E-state index contributed by atoms with van der Waals surface area (Å²) in [7, 11) is 0. The Kier molecular flexibility index (Phi) is 3.81. The minimum absolute atomic E-state index is 0.132. The standard InChI is InChI=1S/C23H19N5O2/c24-12-21(13-25)19(17-7-4-10-28-17)29-23-9-8-16(15-5-2-1-3-6-15)11-18(23)22(21,14-26)20(27)30-23/h1-7,10,16,18-19,27-28H,8-9,11H2. The summed E-state index contributed by atoms with van der Waals surface area (Å²) in [5.41, 5.74) is -1.96. The molecule has 2 aliphatic heterocycles. The minimum atomic E-state index is -1.91. The maximum Gasteiger partial charge on any atom is 0.217 e. The number of hydrogen-bond acceptors (Lipinski definition) is 6. The Balaban J connectivity index is 1.68. The Morgan fingerprint density at radius 3 is 2.43 bits per heavy atom. The van der Waals surface area contributed by atoms with Gasteiger partial charge in [0.05, 0.1) is 24.1 Å². The first kappa shape index (κ1) is 18.4. The number of nitriles is 3. The number of aromatic amines is 1. The fourth-order valence-electron chi connectivity index (χ4n) is 5.65. The molecule has 148 valence electrons. The molecule has 2 aromatic rings. The predicted octanol–water partition coefficient (Wildman–Crippen LogP) is 3.92. The Morgan fingerprint density at radius 2 is 1.80 bits per heavy atom. The van der Waals surface area contributed by atoms with Crippen LogP contribution in [-0.4, -0.2) is 16.7 Å². The lowest BCUT2D eigenvalue weighted by Gasteiger charge is -2.52. The van der Waals surface area contributed by atoms with E-state index >= 15 is 0 Å². The van der Waals surface area contributed by atoms with E-state index in [-0.39, 0.29) is 11.8 Å². The maximum absolute atomic E-state index is 10.4. The van der Waals surface area contributed by atoms with Gasteiger partial charge in [-0.1, -0.05) is 30.3 Å². The average molecular weight is 397 g/mol. The smallest absolute Gasteiger partial charge is 0.217 e. The predicted molar refractivity (Wildman–Crippen MR) is 104 cm³/mol. The van der Waals surface area contributed by atoms with E-state index in [1.54, 1.807) is 18.3 Å². The largest absolute Gasteiger partial charge is 0.447 e. The highest BCUT2D eigenvalue weighted by Crippen LogP contribution is 2.70. The van der Waals surface area contributed by atoms with Gasteiger partial charge in [0, 0.05) is 18.3 Å². The highest BCUT2D eigenvalue weighted by Gasteiger charge is 2.81. The Labute approximate surface area is 174 Å². The zero-order valence-electron chi connectivity index (χ0n) is 16.1. The van der Waals surface area contributed by atoms with Gasteiger partial charge in [0.2, 0.25) is 17.1 Å². The van der Waals surface area contributed by atoms with Crippen LogP contribution in [-0.2, 0) is 9.47 Å². The number of nitrogens with one attached hydrogen (secondary N) is 2. The number of ether oxygens (including phenoxy) is 2. The van der Waals surface area contributed by atoms with E-state index in [1.165, 1.54) is 0 Å². The summed E-state index contributed by atoms with van der Waals surface area (Å²) < 4.78 is 12.4. The van der Waals surface area contributed by atoms with E-state index in [1.807, 2.05) is 30.3 Å². The molecule has 1 aliphatic carbocycles. The van der Waals surface area contributed by atoms with E-state index < -0.39 is 28.6 Å². The summed E-state index contributed by atoms with van der Waals surface area (Å²) in [5, 5.41) is 39.5. The topological polar surface area (TPSA) is 129 Å². The third-order valence-corrected chi connectivity index (χ3v) is 7.09. The summed E-state index contributed by atoms with van der Waals surface area (Å²) in [6.45, 7) is 0. The molecule has 3 fully saturated rings. The second kappa shape index (κ2) is 6.20. The summed E-state index contributed by atoms with van der Waals surface area (Å²) in [6, 6.07) is 19.9. The van der Waals surface area contributed by atoms with Crippen LogP contribution in [0.2, 0.25) is 0 Å². The van der Waals surface area contributed by atoms with Crippen molar-refractivity contribution >= 4 is 5.90 Å². The molecule has 0 amide bonds. The molecule has 7 nitrogen and oxygen atoms in total. The van der Waals surface area contributed by atoms with Crippen LogP contribution < -0.4 is 0 Å². The third kappa shape index (κ3) is 2.02. The second-order valence-corrected chi connectivity index (χ2v) is 8.25. The Morgan fingerprint density at radius 1 is 1.03 bits per heavy atom. The zero-order chi connectivity index (χ0) is 21.0. The number of aromatic nitrogens is 1. The normalized spacial score (nSPS) is 35.9. The number of rotatable bonds is 2. The molecular weight excluding hydrogens is 378 g/mol. The maximum atomic E-state index is 10.4. The van der Waals surface area contributed by atoms with E-state index in [0.29, 0.717) is 18.5 Å². The Hall–Kier alpha value is -3.60. The van der Waals surface area contributed by atoms with Crippen molar-refractivity contribution in [2.24, 2.45) is 16.7 Å². The van der Waals surface area contributed by atoms with Crippen molar-refractivity contribution in [1.82, 2.24) is 4.98 Å². The monoisotopic (exact) mass is 397 g/mol. The van der Waals surface area contributed by atoms with Crippen LogP contribution in [0.4, 0.5) is 0 Å². The van der Waals surface area contributed by atoms with Crippen molar-refractivity contribution in [1.29, 1.82) is 21.2 Å². The fraction of sp³-hybridized carbons (Fsp3) is 0.391. The van der Waals surface area contributed by atoms with Gasteiger partial charge in [0.1, 0.15) is 6.10 Å². The van der Waals surface area contributed by atoms with E-state index in [9.17, 15) is 15.8 Å². The van der Waals surface area contributed by atoms with Crippen molar-refractivity contribution in [3.8, 4) is 18.2 Å². The molecule has 0 radical (unpaired) electrons. The summed E-state index contributed by atoms with van der Waals surface area (Å²) in [4.78, 5) is 3.02. The van der Waals surface area contributed by atoms with Gasteiger partial charge < -0.3 is 14.5 Å². The molecule has 2 N–H and O–H groups in total. The molecule has 0 spiro atoms. The van der Waals surface area contributed by atoms with Crippen LogP contribution in [0.3, 0.4) is 0 Å². The highest BCUT2D eigenvalue weighted by atomic mass is 16.7. The average Bonchev–Trinajstić information content (AvgIpc) is 3.38. The summed E-state index contributed by atoms with van der Waals surface area (Å²) in [6.07, 6.45) is 2.41. The number of hydrogen-bond donors (Lipinski definition) is 2. The van der Waals surface area contributed by atoms with Crippen molar-refractivity contribution in [3.05, 3.63) is 59.9 Å². The molecule has 5 atom stereocenters. The first-order valence-electron chi connectivity index (χ1n) is 9.95. The van der Waals surface area contributed by atoms with Crippen molar-refractivity contribution < 1.29 is 9.47 Å². The summed E-state index contributed by atoms with van der Waals surface area (Å²) >= 11 is 0. The van der Waals surface area contributed by atoms with Gasteiger partial charge >= 0.3 is 0 Å². The van der Waals surface area contributed by atoms with E-state index in [0.717, 1.165) is 12.0 Å². The highest BCUT2D eigenvalue weighted by molar-refractivity contribution is 5.89.